The lowest BCUT2D eigenvalue weighted by molar-refractivity contribution is 0.179. The summed E-state index contributed by atoms with van der Waals surface area (Å²) >= 11 is 0. The number of hydrogen-bond acceptors (Lipinski definition) is 3. The Kier molecular flexibility index (Phi) is 4.68. The third kappa shape index (κ3) is 3.14. The summed E-state index contributed by atoms with van der Waals surface area (Å²) in [6.45, 7) is 9.05. The molecule has 2 amide bonds. The predicted molar refractivity (Wildman–Crippen MR) is 77.6 cm³/mol. The summed E-state index contributed by atoms with van der Waals surface area (Å²) in [7, 11) is 0. The van der Waals surface area contributed by atoms with Gasteiger partial charge in [-0.3, -0.25) is 0 Å². The van der Waals surface area contributed by atoms with Crippen molar-refractivity contribution in [3.8, 4) is 0 Å². The van der Waals surface area contributed by atoms with Gasteiger partial charge in [0.1, 0.15) is 0 Å². The van der Waals surface area contributed by atoms with Gasteiger partial charge in [0.25, 0.3) is 0 Å². The number of amides is 2. The first-order valence-corrected chi connectivity index (χ1v) is 7.56. The maximum absolute atomic E-state index is 12.3. The van der Waals surface area contributed by atoms with E-state index in [1.165, 1.54) is 0 Å². The molecule has 0 saturated carbocycles. The highest BCUT2D eigenvalue weighted by atomic mass is 16.5. The van der Waals surface area contributed by atoms with Crippen LogP contribution in [0.2, 0.25) is 0 Å². The van der Waals surface area contributed by atoms with Crippen molar-refractivity contribution in [3.63, 3.8) is 0 Å². The van der Waals surface area contributed by atoms with Crippen LogP contribution < -0.4 is 5.32 Å². The Labute approximate surface area is 120 Å². The Balaban J connectivity index is 2.08. The van der Waals surface area contributed by atoms with Gasteiger partial charge in [0.15, 0.2) is 5.76 Å². The minimum Gasteiger partial charge on any atom is -0.359 e. The van der Waals surface area contributed by atoms with E-state index in [0.29, 0.717) is 5.92 Å². The zero-order chi connectivity index (χ0) is 14.7. The molecule has 2 unspecified atom stereocenters. The van der Waals surface area contributed by atoms with Crippen LogP contribution in [-0.2, 0) is 0 Å². The molecule has 1 aromatic rings. The second-order valence-corrected chi connectivity index (χ2v) is 5.92. The fraction of sp³-hybridized carbons (Fsp3) is 0.733. The first kappa shape index (κ1) is 14.9. The van der Waals surface area contributed by atoms with E-state index in [2.05, 4.69) is 31.2 Å². The molecule has 0 bridgehead atoms. The van der Waals surface area contributed by atoms with Crippen molar-refractivity contribution in [2.75, 3.05) is 6.54 Å². The molecule has 1 saturated heterocycles. The van der Waals surface area contributed by atoms with Crippen molar-refractivity contribution in [2.45, 2.75) is 65.0 Å². The molecule has 1 aliphatic heterocycles. The van der Waals surface area contributed by atoms with Gasteiger partial charge < -0.3 is 14.7 Å². The van der Waals surface area contributed by atoms with Gasteiger partial charge in [-0.05, 0) is 32.1 Å². The van der Waals surface area contributed by atoms with Crippen LogP contribution in [0.5, 0.6) is 0 Å². The summed E-state index contributed by atoms with van der Waals surface area (Å²) < 4.78 is 5.45. The molecule has 0 spiro atoms. The standard InChI is InChI=1S/C15H25N3O2/c1-5-11(4)16-15(19)18-8-6-7-13(18)14-9-12(10(2)3)17-20-14/h9-11,13H,5-8H2,1-4H3,(H,16,19). The normalized spacial score (nSPS) is 20.4. The van der Waals surface area contributed by atoms with Crippen LogP contribution in [0.3, 0.4) is 0 Å². The third-order valence-corrected chi connectivity index (χ3v) is 3.96. The molecule has 1 aliphatic rings. The average molecular weight is 279 g/mol. The van der Waals surface area contributed by atoms with Gasteiger partial charge >= 0.3 is 6.03 Å². The minimum absolute atomic E-state index is 0.00402. The molecular formula is C15H25N3O2. The second-order valence-electron chi connectivity index (χ2n) is 5.92. The van der Waals surface area contributed by atoms with Crippen molar-refractivity contribution in [1.82, 2.24) is 15.4 Å². The molecule has 5 nitrogen and oxygen atoms in total. The quantitative estimate of drug-likeness (QED) is 0.918. The van der Waals surface area contributed by atoms with Crippen molar-refractivity contribution in [2.24, 2.45) is 0 Å². The van der Waals surface area contributed by atoms with Crippen LogP contribution in [0, 0.1) is 0 Å². The molecule has 0 aromatic carbocycles. The molecule has 2 rings (SSSR count). The maximum Gasteiger partial charge on any atom is 0.318 e. The van der Waals surface area contributed by atoms with Crippen LogP contribution in [0.15, 0.2) is 10.6 Å². The van der Waals surface area contributed by atoms with Gasteiger partial charge in [0.2, 0.25) is 0 Å². The highest BCUT2D eigenvalue weighted by Crippen LogP contribution is 2.33. The number of likely N-dealkylation sites (tertiary alicyclic amines) is 1. The highest BCUT2D eigenvalue weighted by Gasteiger charge is 2.33. The zero-order valence-corrected chi connectivity index (χ0v) is 12.8. The van der Waals surface area contributed by atoms with Gasteiger partial charge in [-0.2, -0.15) is 0 Å². The summed E-state index contributed by atoms with van der Waals surface area (Å²) in [6.07, 6.45) is 2.89. The van der Waals surface area contributed by atoms with Gasteiger partial charge in [0, 0.05) is 18.7 Å². The van der Waals surface area contributed by atoms with E-state index < -0.39 is 0 Å². The summed E-state index contributed by atoms with van der Waals surface area (Å²) in [5.74, 6) is 1.15. The molecule has 0 radical (unpaired) electrons. The molecule has 5 heteroatoms. The van der Waals surface area contributed by atoms with Crippen LogP contribution >= 0.6 is 0 Å². The fourth-order valence-electron chi connectivity index (χ4n) is 2.43. The number of carbonyl (C=O) groups excluding carboxylic acids is 1. The lowest BCUT2D eigenvalue weighted by Crippen LogP contribution is -2.43. The van der Waals surface area contributed by atoms with Gasteiger partial charge in [0.05, 0.1) is 11.7 Å². The number of nitrogens with one attached hydrogen (secondary N) is 1. The molecule has 0 aliphatic carbocycles. The van der Waals surface area contributed by atoms with Crippen molar-refractivity contribution in [3.05, 3.63) is 17.5 Å². The molecule has 2 atom stereocenters. The second kappa shape index (κ2) is 6.29. The van der Waals surface area contributed by atoms with E-state index in [1.807, 2.05) is 17.9 Å². The Hall–Kier alpha value is -1.52. The van der Waals surface area contributed by atoms with Crippen molar-refractivity contribution < 1.29 is 9.32 Å². The third-order valence-electron chi connectivity index (χ3n) is 3.96. The highest BCUT2D eigenvalue weighted by molar-refractivity contribution is 5.75. The number of nitrogens with zero attached hydrogens (tertiary/aromatic N) is 2. The van der Waals surface area contributed by atoms with Crippen LogP contribution in [0.25, 0.3) is 0 Å². The van der Waals surface area contributed by atoms with E-state index in [1.54, 1.807) is 0 Å². The maximum atomic E-state index is 12.3. The zero-order valence-electron chi connectivity index (χ0n) is 12.8. The number of urea groups is 1. The Bertz CT molecular complexity index is 456. The number of rotatable bonds is 4. The van der Waals surface area contributed by atoms with E-state index >= 15 is 0 Å². The summed E-state index contributed by atoms with van der Waals surface area (Å²) in [4.78, 5) is 14.2. The first-order valence-electron chi connectivity index (χ1n) is 7.56. The Morgan fingerprint density at radius 2 is 2.30 bits per heavy atom. The molecule has 1 aromatic heterocycles. The number of carbonyl (C=O) groups is 1. The first-order chi connectivity index (χ1) is 9.52. The fourth-order valence-corrected chi connectivity index (χ4v) is 2.43. The molecular weight excluding hydrogens is 254 g/mol. The number of aromatic nitrogens is 1. The van der Waals surface area contributed by atoms with E-state index in [-0.39, 0.29) is 18.1 Å². The lowest BCUT2D eigenvalue weighted by atomic mass is 10.1. The van der Waals surface area contributed by atoms with Gasteiger partial charge in [-0.25, -0.2) is 4.79 Å². The largest absolute Gasteiger partial charge is 0.359 e. The van der Waals surface area contributed by atoms with Crippen LogP contribution in [-0.4, -0.2) is 28.7 Å². The minimum atomic E-state index is 0.00402. The lowest BCUT2D eigenvalue weighted by Gasteiger charge is -2.24. The Morgan fingerprint density at radius 3 is 2.90 bits per heavy atom. The SMILES string of the molecule is CCC(C)NC(=O)N1CCCC1c1cc(C(C)C)no1. The smallest absolute Gasteiger partial charge is 0.318 e. The topological polar surface area (TPSA) is 58.4 Å². The number of hydrogen-bond donors (Lipinski definition) is 1. The molecule has 1 fully saturated rings. The molecule has 2 heterocycles. The summed E-state index contributed by atoms with van der Waals surface area (Å²) in [5, 5.41) is 7.12. The molecule has 20 heavy (non-hydrogen) atoms. The van der Waals surface area contributed by atoms with Crippen LogP contribution in [0.1, 0.15) is 70.4 Å². The average Bonchev–Trinajstić information content (AvgIpc) is 3.06. The van der Waals surface area contributed by atoms with Crippen LogP contribution in [0.4, 0.5) is 4.79 Å². The van der Waals surface area contributed by atoms with Gasteiger partial charge in [-0.15, -0.1) is 0 Å². The predicted octanol–water partition coefficient (Wildman–Crippen LogP) is 3.44. The van der Waals surface area contributed by atoms with Gasteiger partial charge in [-0.1, -0.05) is 25.9 Å². The Morgan fingerprint density at radius 1 is 1.55 bits per heavy atom. The van der Waals surface area contributed by atoms with E-state index in [4.69, 9.17) is 4.52 Å². The summed E-state index contributed by atoms with van der Waals surface area (Å²) in [6, 6.07) is 2.22. The van der Waals surface area contributed by atoms with E-state index in [9.17, 15) is 4.79 Å². The monoisotopic (exact) mass is 279 g/mol. The van der Waals surface area contributed by atoms with Crippen molar-refractivity contribution in [1.29, 1.82) is 0 Å². The molecule has 1 N–H and O–H groups in total. The molecule has 112 valence electrons. The summed E-state index contributed by atoms with van der Waals surface area (Å²) in [5.41, 5.74) is 0.953. The van der Waals surface area contributed by atoms with E-state index in [0.717, 1.165) is 37.3 Å². The van der Waals surface area contributed by atoms with Crippen molar-refractivity contribution >= 4 is 6.03 Å².